The lowest BCUT2D eigenvalue weighted by Crippen LogP contribution is -2.43. The average Bonchev–Trinajstić information content (AvgIpc) is 2.70. The van der Waals surface area contributed by atoms with Crippen LogP contribution in [0.2, 0.25) is 0 Å². The van der Waals surface area contributed by atoms with Crippen LogP contribution in [0.15, 0.2) is 10.6 Å². The third kappa shape index (κ3) is 2.69. The van der Waals surface area contributed by atoms with E-state index >= 15 is 0 Å². The number of rotatable bonds is 3. The average molecular weight is 251 g/mol. The first-order chi connectivity index (χ1) is 8.60. The molecule has 1 aliphatic rings. The fourth-order valence-electron chi connectivity index (χ4n) is 2.01. The van der Waals surface area contributed by atoms with Crippen LogP contribution in [-0.2, 0) is 16.1 Å². The maximum atomic E-state index is 12.2. The second kappa shape index (κ2) is 5.20. The molecule has 2 heterocycles. The largest absolute Gasteiger partial charge is 0.359 e. The number of nitrogens with one attached hydrogen (secondary N) is 1. The first-order valence-electron chi connectivity index (χ1n) is 6.10. The molecule has 1 atom stereocenters. The van der Waals surface area contributed by atoms with E-state index in [1.165, 1.54) is 0 Å². The lowest BCUT2D eigenvalue weighted by Gasteiger charge is -2.21. The molecule has 0 spiro atoms. The highest BCUT2D eigenvalue weighted by Crippen LogP contribution is 2.12. The molecule has 1 aliphatic heterocycles. The fourth-order valence-corrected chi connectivity index (χ4v) is 2.01. The van der Waals surface area contributed by atoms with Crippen molar-refractivity contribution in [3.05, 3.63) is 17.5 Å². The lowest BCUT2D eigenvalue weighted by molar-refractivity contribution is -0.134. The Balaban J connectivity index is 2.10. The van der Waals surface area contributed by atoms with Gasteiger partial charge in [0.25, 0.3) is 0 Å². The second-order valence-corrected chi connectivity index (χ2v) is 4.47. The van der Waals surface area contributed by atoms with Crippen molar-refractivity contribution in [2.45, 2.75) is 39.3 Å². The van der Waals surface area contributed by atoms with Crippen molar-refractivity contribution in [1.29, 1.82) is 0 Å². The highest BCUT2D eigenvalue weighted by atomic mass is 16.5. The normalized spacial score (nSPS) is 20.8. The fraction of sp³-hybridized carbons (Fsp3) is 0.583. The maximum absolute atomic E-state index is 12.2. The van der Waals surface area contributed by atoms with Crippen molar-refractivity contribution in [3.8, 4) is 0 Å². The molecule has 0 aliphatic carbocycles. The first kappa shape index (κ1) is 12.6. The zero-order valence-corrected chi connectivity index (χ0v) is 10.6. The van der Waals surface area contributed by atoms with Gasteiger partial charge in [0.15, 0.2) is 5.76 Å². The molecule has 98 valence electrons. The molecular weight excluding hydrogens is 234 g/mol. The first-order valence-corrected chi connectivity index (χ1v) is 6.10. The zero-order chi connectivity index (χ0) is 13.1. The van der Waals surface area contributed by atoms with Gasteiger partial charge in [0, 0.05) is 19.0 Å². The third-order valence-electron chi connectivity index (χ3n) is 2.99. The molecule has 0 radical (unpaired) electrons. The number of hydrogen-bond acceptors (Lipinski definition) is 4. The van der Waals surface area contributed by atoms with Crippen LogP contribution in [-0.4, -0.2) is 34.5 Å². The van der Waals surface area contributed by atoms with E-state index in [1.807, 2.05) is 13.8 Å². The molecule has 1 N–H and O–H groups in total. The molecule has 6 nitrogen and oxygen atoms in total. The predicted octanol–water partition coefficient (Wildman–Crippen LogP) is 0.610. The standard InChI is InChI=1S/C12H17N3O3/c1-3-10-12(17)15(5-4-11(16)13-10)7-9-6-8(2)14-18-9/h6,10H,3-5,7H2,1-2H3,(H,13,16). The van der Waals surface area contributed by atoms with Crippen LogP contribution in [0.3, 0.4) is 0 Å². The Morgan fingerprint density at radius 1 is 1.56 bits per heavy atom. The van der Waals surface area contributed by atoms with Crippen molar-refractivity contribution >= 4 is 11.8 Å². The number of aromatic nitrogens is 1. The molecule has 18 heavy (non-hydrogen) atoms. The van der Waals surface area contributed by atoms with Crippen LogP contribution < -0.4 is 5.32 Å². The summed E-state index contributed by atoms with van der Waals surface area (Å²) in [6.07, 6.45) is 0.922. The zero-order valence-electron chi connectivity index (χ0n) is 10.6. The molecule has 1 saturated heterocycles. The quantitative estimate of drug-likeness (QED) is 0.854. The summed E-state index contributed by atoms with van der Waals surface area (Å²) in [5.41, 5.74) is 0.786. The van der Waals surface area contributed by atoms with Gasteiger partial charge in [-0.25, -0.2) is 0 Å². The summed E-state index contributed by atoms with van der Waals surface area (Å²) >= 11 is 0. The Hall–Kier alpha value is -1.85. The number of carbonyl (C=O) groups excluding carboxylic acids is 2. The monoisotopic (exact) mass is 251 g/mol. The van der Waals surface area contributed by atoms with Gasteiger partial charge in [-0.2, -0.15) is 0 Å². The van der Waals surface area contributed by atoms with Gasteiger partial charge in [-0.05, 0) is 13.3 Å². The van der Waals surface area contributed by atoms with Crippen molar-refractivity contribution in [2.75, 3.05) is 6.54 Å². The number of carbonyl (C=O) groups is 2. The van der Waals surface area contributed by atoms with Crippen LogP contribution >= 0.6 is 0 Å². The predicted molar refractivity (Wildman–Crippen MR) is 63.5 cm³/mol. The molecule has 2 rings (SSSR count). The van der Waals surface area contributed by atoms with Gasteiger partial charge in [-0.15, -0.1) is 0 Å². The van der Waals surface area contributed by atoms with Gasteiger partial charge in [0.2, 0.25) is 11.8 Å². The molecule has 0 aromatic carbocycles. The van der Waals surface area contributed by atoms with Gasteiger partial charge >= 0.3 is 0 Å². The minimum absolute atomic E-state index is 0.0580. The summed E-state index contributed by atoms with van der Waals surface area (Å²) in [5, 5.41) is 6.51. The maximum Gasteiger partial charge on any atom is 0.245 e. The Kier molecular flexibility index (Phi) is 3.64. The van der Waals surface area contributed by atoms with E-state index < -0.39 is 6.04 Å². The van der Waals surface area contributed by atoms with Gasteiger partial charge < -0.3 is 14.7 Å². The Bertz CT molecular complexity index is 455. The van der Waals surface area contributed by atoms with Gasteiger partial charge in [-0.3, -0.25) is 9.59 Å². The molecule has 2 amide bonds. The summed E-state index contributed by atoms with van der Waals surface area (Å²) in [6.45, 7) is 4.49. The molecule has 1 aromatic rings. The molecule has 1 aromatic heterocycles. The molecule has 0 bridgehead atoms. The topological polar surface area (TPSA) is 75.4 Å². The highest BCUT2D eigenvalue weighted by molar-refractivity contribution is 5.89. The Labute approximate surface area is 105 Å². The highest BCUT2D eigenvalue weighted by Gasteiger charge is 2.29. The van der Waals surface area contributed by atoms with E-state index in [9.17, 15) is 9.59 Å². The van der Waals surface area contributed by atoms with E-state index in [-0.39, 0.29) is 11.8 Å². The van der Waals surface area contributed by atoms with Crippen molar-refractivity contribution in [1.82, 2.24) is 15.4 Å². The summed E-state index contributed by atoms with van der Waals surface area (Å²) in [6, 6.07) is 1.37. The smallest absolute Gasteiger partial charge is 0.245 e. The van der Waals surface area contributed by atoms with Crippen molar-refractivity contribution in [3.63, 3.8) is 0 Å². The molecule has 1 unspecified atom stereocenters. The van der Waals surface area contributed by atoms with Crippen LogP contribution in [0.4, 0.5) is 0 Å². The number of hydrogen-bond donors (Lipinski definition) is 1. The van der Waals surface area contributed by atoms with Crippen LogP contribution in [0, 0.1) is 6.92 Å². The number of aryl methyl sites for hydroxylation is 1. The minimum Gasteiger partial charge on any atom is -0.359 e. The molecule has 0 saturated carbocycles. The Morgan fingerprint density at radius 3 is 2.94 bits per heavy atom. The minimum atomic E-state index is -0.427. The second-order valence-electron chi connectivity index (χ2n) is 4.47. The van der Waals surface area contributed by atoms with Crippen LogP contribution in [0.25, 0.3) is 0 Å². The van der Waals surface area contributed by atoms with E-state index in [0.29, 0.717) is 31.7 Å². The van der Waals surface area contributed by atoms with Crippen LogP contribution in [0.1, 0.15) is 31.2 Å². The third-order valence-corrected chi connectivity index (χ3v) is 2.99. The number of amides is 2. The van der Waals surface area contributed by atoms with Gasteiger partial charge in [0.05, 0.1) is 12.2 Å². The summed E-state index contributed by atoms with van der Waals surface area (Å²) in [5.74, 6) is 0.508. The van der Waals surface area contributed by atoms with Crippen molar-refractivity contribution < 1.29 is 14.1 Å². The van der Waals surface area contributed by atoms with E-state index in [2.05, 4.69) is 10.5 Å². The summed E-state index contributed by atoms with van der Waals surface area (Å²) < 4.78 is 5.10. The summed E-state index contributed by atoms with van der Waals surface area (Å²) in [4.78, 5) is 25.3. The SMILES string of the molecule is CCC1NC(=O)CCN(Cc2cc(C)no2)C1=O. The molecular formula is C12H17N3O3. The molecule has 1 fully saturated rings. The van der Waals surface area contributed by atoms with Crippen LogP contribution in [0.5, 0.6) is 0 Å². The lowest BCUT2D eigenvalue weighted by atomic mass is 10.2. The van der Waals surface area contributed by atoms with Gasteiger partial charge in [-0.1, -0.05) is 12.1 Å². The van der Waals surface area contributed by atoms with E-state index in [0.717, 1.165) is 5.69 Å². The summed E-state index contributed by atoms with van der Waals surface area (Å²) in [7, 11) is 0. The van der Waals surface area contributed by atoms with Crippen molar-refractivity contribution in [2.24, 2.45) is 0 Å². The van der Waals surface area contributed by atoms with Gasteiger partial charge in [0.1, 0.15) is 6.04 Å². The number of nitrogens with zero attached hydrogens (tertiary/aromatic N) is 2. The van der Waals surface area contributed by atoms with E-state index in [1.54, 1.807) is 11.0 Å². The molecule has 6 heteroatoms. The van der Waals surface area contributed by atoms with E-state index in [4.69, 9.17) is 4.52 Å². The Morgan fingerprint density at radius 2 is 2.33 bits per heavy atom.